The van der Waals surface area contributed by atoms with E-state index >= 15 is 0 Å². The molecule has 26 heavy (non-hydrogen) atoms. The number of hydrogen-bond donors (Lipinski definition) is 0. The highest BCUT2D eigenvalue weighted by molar-refractivity contribution is 5.78. The second-order valence-electron chi connectivity index (χ2n) is 7.87. The minimum absolute atomic E-state index is 0.101. The fourth-order valence-electron chi connectivity index (χ4n) is 4.33. The molecule has 0 aromatic heterocycles. The maximum Gasteiger partial charge on any atom is 0.260 e. The van der Waals surface area contributed by atoms with Crippen molar-refractivity contribution in [3.8, 4) is 5.75 Å². The maximum absolute atomic E-state index is 12.8. The quantitative estimate of drug-likeness (QED) is 0.810. The molecule has 3 unspecified atom stereocenters. The molecule has 0 aliphatic carbocycles. The summed E-state index contributed by atoms with van der Waals surface area (Å²) in [5.41, 5.74) is 2.15. The van der Waals surface area contributed by atoms with Crippen molar-refractivity contribution in [2.75, 3.05) is 32.8 Å². The number of para-hydroxylation sites is 1. The smallest absolute Gasteiger partial charge is 0.260 e. The molecule has 2 aliphatic heterocycles. The second-order valence-corrected chi connectivity index (χ2v) is 7.87. The summed E-state index contributed by atoms with van der Waals surface area (Å²) in [5, 5.41) is 0. The Bertz CT molecular complexity index is 603. The molecule has 2 heterocycles. The Labute approximate surface area is 157 Å². The zero-order valence-corrected chi connectivity index (χ0v) is 16.5. The van der Waals surface area contributed by atoms with Crippen LogP contribution in [0.25, 0.3) is 0 Å². The van der Waals surface area contributed by atoms with Crippen molar-refractivity contribution in [1.82, 2.24) is 9.80 Å². The van der Waals surface area contributed by atoms with Gasteiger partial charge in [-0.1, -0.05) is 18.2 Å². The van der Waals surface area contributed by atoms with E-state index in [9.17, 15) is 4.79 Å². The number of morpholine rings is 1. The molecular formula is C21H32N2O3. The predicted molar refractivity (Wildman–Crippen MR) is 103 cm³/mol. The molecule has 5 nitrogen and oxygen atoms in total. The number of amides is 1. The summed E-state index contributed by atoms with van der Waals surface area (Å²) in [6.07, 6.45) is 2.68. The van der Waals surface area contributed by atoms with Gasteiger partial charge in [-0.15, -0.1) is 0 Å². The van der Waals surface area contributed by atoms with Gasteiger partial charge in [0.2, 0.25) is 0 Å². The monoisotopic (exact) mass is 360 g/mol. The van der Waals surface area contributed by atoms with Crippen LogP contribution in [0, 0.1) is 13.8 Å². The van der Waals surface area contributed by atoms with E-state index < -0.39 is 0 Å². The van der Waals surface area contributed by atoms with E-state index in [2.05, 4.69) is 18.7 Å². The van der Waals surface area contributed by atoms with E-state index in [1.165, 1.54) is 0 Å². The third-order valence-electron chi connectivity index (χ3n) is 5.41. The molecule has 1 aromatic carbocycles. The molecule has 2 fully saturated rings. The molecule has 5 heteroatoms. The molecule has 0 N–H and O–H groups in total. The number of rotatable bonds is 5. The molecule has 3 atom stereocenters. The fraction of sp³-hybridized carbons (Fsp3) is 0.667. The number of carbonyl (C=O) groups excluding carboxylic acids is 1. The molecule has 1 amide bonds. The maximum atomic E-state index is 12.8. The Kier molecular flexibility index (Phi) is 6.20. The van der Waals surface area contributed by atoms with Gasteiger partial charge in [0.25, 0.3) is 5.91 Å². The minimum Gasteiger partial charge on any atom is -0.483 e. The van der Waals surface area contributed by atoms with Gasteiger partial charge in [-0.05, 0) is 51.7 Å². The molecule has 0 spiro atoms. The van der Waals surface area contributed by atoms with E-state index in [0.717, 1.165) is 55.9 Å². The normalized spacial score (nSPS) is 26.9. The van der Waals surface area contributed by atoms with Gasteiger partial charge in [-0.3, -0.25) is 9.69 Å². The second kappa shape index (κ2) is 8.40. The van der Waals surface area contributed by atoms with Gasteiger partial charge in [0.15, 0.2) is 6.61 Å². The zero-order valence-electron chi connectivity index (χ0n) is 16.5. The number of benzene rings is 1. The Morgan fingerprint density at radius 2 is 1.85 bits per heavy atom. The van der Waals surface area contributed by atoms with E-state index in [-0.39, 0.29) is 24.7 Å². The molecule has 144 valence electrons. The van der Waals surface area contributed by atoms with E-state index in [4.69, 9.17) is 9.47 Å². The van der Waals surface area contributed by atoms with Crippen LogP contribution in [-0.2, 0) is 9.53 Å². The van der Waals surface area contributed by atoms with Gasteiger partial charge in [-0.25, -0.2) is 0 Å². The number of likely N-dealkylation sites (tertiary alicyclic amines) is 1. The van der Waals surface area contributed by atoms with Crippen LogP contribution >= 0.6 is 0 Å². The Hall–Kier alpha value is -1.59. The van der Waals surface area contributed by atoms with Crippen molar-refractivity contribution in [3.63, 3.8) is 0 Å². The van der Waals surface area contributed by atoms with Crippen molar-refractivity contribution in [2.24, 2.45) is 0 Å². The van der Waals surface area contributed by atoms with Crippen LogP contribution in [0.3, 0.4) is 0 Å². The average molecular weight is 360 g/mol. The first kappa shape index (κ1) is 19.2. The Morgan fingerprint density at radius 3 is 2.50 bits per heavy atom. The zero-order chi connectivity index (χ0) is 18.7. The fourth-order valence-corrected chi connectivity index (χ4v) is 4.33. The van der Waals surface area contributed by atoms with Gasteiger partial charge in [0.05, 0.1) is 12.2 Å². The number of nitrogens with zero attached hydrogens (tertiary/aromatic N) is 2. The lowest BCUT2D eigenvalue weighted by Gasteiger charge is -2.38. The van der Waals surface area contributed by atoms with Crippen LogP contribution in [0.5, 0.6) is 5.75 Å². The lowest BCUT2D eigenvalue weighted by molar-refractivity contribution is -0.135. The van der Waals surface area contributed by atoms with E-state index in [1.54, 1.807) is 0 Å². The standard InChI is InChI=1S/C21H32N2O3/c1-15-7-5-8-16(2)21(15)25-14-20(24)23-10-6-9-19(23)13-22-11-17(3)26-18(4)12-22/h5,7-8,17-19H,6,9-14H2,1-4H3. The van der Waals surface area contributed by atoms with Crippen molar-refractivity contribution in [1.29, 1.82) is 0 Å². The molecule has 0 saturated carbocycles. The molecule has 2 aliphatic rings. The SMILES string of the molecule is Cc1cccc(C)c1OCC(=O)N1CCCC1CN1CC(C)OC(C)C1. The van der Waals surface area contributed by atoms with Gasteiger partial charge >= 0.3 is 0 Å². The molecule has 1 aromatic rings. The molecule has 0 radical (unpaired) electrons. The predicted octanol–water partition coefficient (Wildman–Crippen LogP) is 2.78. The van der Waals surface area contributed by atoms with Crippen LogP contribution in [0.4, 0.5) is 0 Å². The molecule has 0 bridgehead atoms. The van der Waals surface area contributed by atoms with Crippen molar-refractivity contribution < 1.29 is 14.3 Å². The first-order valence-corrected chi connectivity index (χ1v) is 9.80. The van der Waals surface area contributed by atoms with E-state index in [1.807, 2.05) is 36.9 Å². The minimum atomic E-state index is 0.101. The first-order chi connectivity index (χ1) is 12.4. The molecular weight excluding hydrogens is 328 g/mol. The number of carbonyl (C=O) groups is 1. The first-order valence-electron chi connectivity index (χ1n) is 9.80. The van der Waals surface area contributed by atoms with E-state index in [0.29, 0.717) is 6.04 Å². The van der Waals surface area contributed by atoms with Crippen LogP contribution in [0.2, 0.25) is 0 Å². The summed E-state index contributed by atoms with van der Waals surface area (Å²) in [6.45, 7) is 12.1. The van der Waals surface area contributed by atoms with Crippen molar-refractivity contribution in [2.45, 2.75) is 58.8 Å². The van der Waals surface area contributed by atoms with Gasteiger partial charge in [0, 0.05) is 32.2 Å². The lowest BCUT2D eigenvalue weighted by atomic mass is 10.1. The highest BCUT2D eigenvalue weighted by Gasteiger charge is 2.32. The highest BCUT2D eigenvalue weighted by atomic mass is 16.5. The topological polar surface area (TPSA) is 42.0 Å². The summed E-state index contributed by atoms with van der Waals surface area (Å²) < 4.78 is 11.7. The summed E-state index contributed by atoms with van der Waals surface area (Å²) in [7, 11) is 0. The van der Waals surface area contributed by atoms with Crippen LogP contribution in [0.1, 0.15) is 37.8 Å². The summed E-state index contributed by atoms with van der Waals surface area (Å²) in [5.74, 6) is 0.942. The number of ether oxygens (including phenoxy) is 2. The van der Waals surface area contributed by atoms with Crippen LogP contribution in [0.15, 0.2) is 18.2 Å². The Balaban J connectivity index is 1.56. The van der Waals surface area contributed by atoms with Crippen molar-refractivity contribution in [3.05, 3.63) is 29.3 Å². The van der Waals surface area contributed by atoms with Crippen LogP contribution in [-0.4, -0.2) is 66.7 Å². The third kappa shape index (κ3) is 4.57. The summed E-state index contributed by atoms with van der Waals surface area (Å²) in [6, 6.07) is 6.35. The number of aryl methyl sites for hydroxylation is 2. The largest absolute Gasteiger partial charge is 0.483 e. The van der Waals surface area contributed by atoms with Gasteiger partial charge in [-0.2, -0.15) is 0 Å². The average Bonchev–Trinajstić information content (AvgIpc) is 3.01. The molecule has 3 rings (SSSR count). The molecule has 2 saturated heterocycles. The van der Waals surface area contributed by atoms with Crippen LogP contribution < -0.4 is 4.74 Å². The highest BCUT2D eigenvalue weighted by Crippen LogP contribution is 2.24. The summed E-state index contributed by atoms with van der Waals surface area (Å²) >= 11 is 0. The van der Waals surface area contributed by atoms with Crippen molar-refractivity contribution >= 4 is 5.91 Å². The van der Waals surface area contributed by atoms with Gasteiger partial charge in [0.1, 0.15) is 5.75 Å². The number of hydrogen-bond acceptors (Lipinski definition) is 4. The Morgan fingerprint density at radius 1 is 1.19 bits per heavy atom. The van der Waals surface area contributed by atoms with Gasteiger partial charge < -0.3 is 14.4 Å². The third-order valence-corrected chi connectivity index (χ3v) is 5.41. The summed E-state index contributed by atoms with van der Waals surface area (Å²) in [4.78, 5) is 17.3. The lowest BCUT2D eigenvalue weighted by Crippen LogP contribution is -2.51.